The Balaban J connectivity index is 2.12. The number of rotatable bonds is 6. The summed E-state index contributed by atoms with van der Waals surface area (Å²) >= 11 is 0. The Morgan fingerprint density at radius 1 is 1.25 bits per heavy atom. The van der Waals surface area contributed by atoms with Crippen molar-refractivity contribution < 1.29 is 26.1 Å². The predicted octanol–water partition coefficient (Wildman–Crippen LogP) is 2.04. The topological polar surface area (TPSA) is 88.3 Å². The van der Waals surface area contributed by atoms with E-state index < -0.39 is 22.3 Å². The molecule has 0 atom stereocenters. The largest absolute Gasteiger partial charge is 0.471 e. The molecule has 0 amide bonds. The summed E-state index contributed by atoms with van der Waals surface area (Å²) < 4.78 is 68.5. The van der Waals surface area contributed by atoms with Crippen LogP contribution in [0.1, 0.15) is 18.4 Å². The third-order valence-corrected chi connectivity index (χ3v) is 4.63. The smallest absolute Gasteiger partial charge is 0.329 e. The van der Waals surface area contributed by atoms with Crippen LogP contribution in [0.15, 0.2) is 28.8 Å². The molecule has 0 bridgehead atoms. The van der Waals surface area contributed by atoms with Crippen LogP contribution in [0, 0.1) is 0 Å². The van der Waals surface area contributed by atoms with E-state index in [9.17, 15) is 21.6 Å². The SMILES string of the molecule is CCNS(=O)(=O)N(C)Cc1ccc(-c2noc(C(F)(F)F)n2)cc1. The molecule has 1 heterocycles. The van der Waals surface area contributed by atoms with Crippen molar-refractivity contribution in [2.45, 2.75) is 19.6 Å². The molecular weight excluding hydrogens is 349 g/mol. The van der Waals surface area contributed by atoms with Crippen molar-refractivity contribution in [1.82, 2.24) is 19.2 Å². The summed E-state index contributed by atoms with van der Waals surface area (Å²) in [7, 11) is -2.15. The van der Waals surface area contributed by atoms with Crippen LogP contribution in [0.3, 0.4) is 0 Å². The van der Waals surface area contributed by atoms with E-state index in [4.69, 9.17) is 0 Å². The summed E-state index contributed by atoms with van der Waals surface area (Å²) in [6.45, 7) is 2.04. The summed E-state index contributed by atoms with van der Waals surface area (Å²) in [5, 5.41) is 3.28. The van der Waals surface area contributed by atoms with Crippen molar-refractivity contribution in [3.05, 3.63) is 35.7 Å². The monoisotopic (exact) mass is 364 g/mol. The van der Waals surface area contributed by atoms with E-state index >= 15 is 0 Å². The fourth-order valence-electron chi connectivity index (χ4n) is 1.85. The summed E-state index contributed by atoms with van der Waals surface area (Å²) in [5.41, 5.74) is 0.984. The summed E-state index contributed by atoms with van der Waals surface area (Å²) in [6.07, 6.45) is -4.70. The van der Waals surface area contributed by atoms with Gasteiger partial charge < -0.3 is 4.52 Å². The average Bonchev–Trinajstić information content (AvgIpc) is 2.98. The maximum atomic E-state index is 12.4. The molecule has 0 aliphatic carbocycles. The van der Waals surface area contributed by atoms with Gasteiger partial charge in [-0.25, -0.2) is 4.72 Å². The van der Waals surface area contributed by atoms with Gasteiger partial charge in [-0.2, -0.15) is 30.9 Å². The lowest BCUT2D eigenvalue weighted by atomic mass is 10.1. The van der Waals surface area contributed by atoms with Gasteiger partial charge in [-0.1, -0.05) is 36.3 Å². The lowest BCUT2D eigenvalue weighted by molar-refractivity contribution is -0.159. The highest BCUT2D eigenvalue weighted by Gasteiger charge is 2.38. The van der Waals surface area contributed by atoms with Gasteiger partial charge in [-0.3, -0.25) is 0 Å². The molecule has 2 rings (SSSR count). The van der Waals surface area contributed by atoms with Gasteiger partial charge in [0.25, 0.3) is 10.2 Å². The number of aromatic nitrogens is 2. The zero-order valence-electron chi connectivity index (χ0n) is 12.8. The Labute approximate surface area is 136 Å². The molecular formula is C13H15F3N4O3S. The van der Waals surface area contributed by atoms with Crippen molar-refractivity contribution in [3.8, 4) is 11.4 Å². The van der Waals surface area contributed by atoms with E-state index in [2.05, 4.69) is 19.4 Å². The lowest BCUT2D eigenvalue weighted by Crippen LogP contribution is -2.37. The minimum atomic E-state index is -4.70. The van der Waals surface area contributed by atoms with Gasteiger partial charge in [0.05, 0.1) is 0 Å². The van der Waals surface area contributed by atoms with Crippen LogP contribution in [0.2, 0.25) is 0 Å². The molecule has 0 fully saturated rings. The van der Waals surface area contributed by atoms with Crippen LogP contribution in [0.25, 0.3) is 11.4 Å². The van der Waals surface area contributed by atoms with Crippen molar-refractivity contribution in [3.63, 3.8) is 0 Å². The predicted molar refractivity (Wildman–Crippen MR) is 78.8 cm³/mol. The first-order chi connectivity index (χ1) is 11.1. The summed E-state index contributed by atoms with van der Waals surface area (Å²) in [6, 6.07) is 6.15. The molecule has 7 nitrogen and oxygen atoms in total. The molecule has 1 aromatic carbocycles. The molecule has 0 unspecified atom stereocenters. The number of halogens is 3. The normalized spacial score (nSPS) is 12.8. The van der Waals surface area contributed by atoms with E-state index in [1.165, 1.54) is 19.2 Å². The molecule has 0 spiro atoms. The zero-order valence-corrected chi connectivity index (χ0v) is 13.6. The lowest BCUT2D eigenvalue weighted by Gasteiger charge is -2.17. The molecule has 0 saturated carbocycles. The number of benzene rings is 1. The van der Waals surface area contributed by atoms with Gasteiger partial charge in [-0.15, -0.1) is 0 Å². The molecule has 2 aromatic rings. The second-order valence-corrected chi connectivity index (χ2v) is 6.74. The van der Waals surface area contributed by atoms with E-state index in [1.807, 2.05) is 0 Å². The second-order valence-electron chi connectivity index (χ2n) is 4.88. The number of hydrogen-bond donors (Lipinski definition) is 1. The first-order valence-electron chi connectivity index (χ1n) is 6.84. The van der Waals surface area contributed by atoms with Crippen molar-refractivity contribution >= 4 is 10.2 Å². The highest BCUT2D eigenvalue weighted by molar-refractivity contribution is 7.87. The standard InChI is InChI=1S/C13H15F3N4O3S/c1-3-17-24(21,22)20(2)8-9-4-6-10(7-5-9)11-18-12(23-19-11)13(14,15)16/h4-7,17H,3,8H2,1-2H3. The first-order valence-corrected chi connectivity index (χ1v) is 8.28. The molecule has 0 radical (unpaired) electrons. The fourth-order valence-corrected chi connectivity index (χ4v) is 2.75. The third-order valence-electron chi connectivity index (χ3n) is 3.02. The van der Waals surface area contributed by atoms with Crippen molar-refractivity contribution in [1.29, 1.82) is 0 Å². The Hall–Kier alpha value is -1.98. The molecule has 24 heavy (non-hydrogen) atoms. The van der Waals surface area contributed by atoms with Crippen LogP contribution < -0.4 is 4.72 Å². The van der Waals surface area contributed by atoms with Crippen LogP contribution in [-0.2, 0) is 22.9 Å². The summed E-state index contributed by atoms with van der Waals surface area (Å²) in [4.78, 5) is 3.29. The highest BCUT2D eigenvalue weighted by Crippen LogP contribution is 2.29. The fraction of sp³-hybridized carbons (Fsp3) is 0.385. The number of nitrogens with zero attached hydrogens (tertiary/aromatic N) is 3. The molecule has 0 aliphatic rings. The average molecular weight is 364 g/mol. The second kappa shape index (κ2) is 6.87. The molecule has 132 valence electrons. The van der Waals surface area contributed by atoms with E-state index in [1.54, 1.807) is 19.1 Å². The Bertz CT molecular complexity index is 788. The van der Waals surface area contributed by atoms with Crippen molar-refractivity contribution in [2.24, 2.45) is 0 Å². The van der Waals surface area contributed by atoms with E-state index in [0.29, 0.717) is 11.1 Å². The van der Waals surface area contributed by atoms with Gasteiger partial charge >= 0.3 is 12.1 Å². The maximum Gasteiger partial charge on any atom is 0.471 e. The maximum absolute atomic E-state index is 12.4. The number of hydrogen-bond acceptors (Lipinski definition) is 5. The van der Waals surface area contributed by atoms with Gasteiger partial charge in [-0.05, 0) is 5.56 Å². The molecule has 0 aliphatic heterocycles. The van der Waals surface area contributed by atoms with Gasteiger partial charge in [0.2, 0.25) is 5.82 Å². The van der Waals surface area contributed by atoms with Gasteiger partial charge in [0.15, 0.2) is 0 Å². The molecule has 0 saturated heterocycles. The third kappa shape index (κ3) is 4.30. The highest BCUT2D eigenvalue weighted by atomic mass is 32.2. The number of nitrogens with one attached hydrogen (secondary N) is 1. The first kappa shape index (κ1) is 18.4. The zero-order chi connectivity index (χ0) is 18.0. The van der Waals surface area contributed by atoms with Gasteiger partial charge in [0.1, 0.15) is 0 Å². The van der Waals surface area contributed by atoms with Crippen LogP contribution in [0.5, 0.6) is 0 Å². The Kier molecular flexibility index (Phi) is 5.26. The summed E-state index contributed by atoms with van der Waals surface area (Å²) in [5.74, 6) is -1.61. The van der Waals surface area contributed by atoms with Gasteiger partial charge in [0, 0.05) is 25.7 Å². The Morgan fingerprint density at radius 3 is 2.38 bits per heavy atom. The molecule has 1 aromatic heterocycles. The Morgan fingerprint density at radius 2 is 1.88 bits per heavy atom. The number of alkyl halides is 3. The van der Waals surface area contributed by atoms with Crippen molar-refractivity contribution in [2.75, 3.05) is 13.6 Å². The minimum Gasteiger partial charge on any atom is -0.329 e. The van der Waals surface area contributed by atoms with E-state index in [-0.39, 0.29) is 18.9 Å². The van der Waals surface area contributed by atoms with Crippen LogP contribution in [-0.4, -0.2) is 36.5 Å². The molecule has 11 heteroatoms. The molecule has 1 N–H and O–H groups in total. The van der Waals surface area contributed by atoms with E-state index in [0.717, 1.165) is 4.31 Å². The van der Waals surface area contributed by atoms with Crippen LogP contribution >= 0.6 is 0 Å². The minimum absolute atomic E-state index is 0.107. The quantitative estimate of drug-likeness (QED) is 0.847. The van der Waals surface area contributed by atoms with Crippen LogP contribution in [0.4, 0.5) is 13.2 Å².